The highest BCUT2D eigenvalue weighted by molar-refractivity contribution is 5.80. The monoisotopic (exact) mass is 389 g/mol. The number of nitro groups is 1. The van der Waals surface area contributed by atoms with Gasteiger partial charge in [-0.15, -0.1) is 5.10 Å². The van der Waals surface area contributed by atoms with Gasteiger partial charge in [0.1, 0.15) is 5.69 Å². The summed E-state index contributed by atoms with van der Waals surface area (Å²) in [6.07, 6.45) is 5.23. The van der Waals surface area contributed by atoms with Gasteiger partial charge in [0.2, 0.25) is 5.91 Å². The average Bonchev–Trinajstić information content (AvgIpc) is 3.13. The summed E-state index contributed by atoms with van der Waals surface area (Å²) in [5, 5.41) is 29.2. The number of rotatable bonds is 6. The molecule has 0 aliphatic heterocycles. The van der Waals surface area contributed by atoms with Crippen LogP contribution in [0.1, 0.15) is 57.2 Å². The van der Waals surface area contributed by atoms with Crippen LogP contribution >= 0.6 is 0 Å². The second kappa shape index (κ2) is 7.69. The third-order valence-electron chi connectivity index (χ3n) is 5.48. The predicted octanol–water partition coefficient (Wildman–Crippen LogP) is 2.54. The van der Waals surface area contributed by atoms with Crippen LogP contribution in [0, 0.1) is 29.9 Å². The molecule has 2 aromatic rings. The Kier molecular flexibility index (Phi) is 5.48. The molecule has 28 heavy (non-hydrogen) atoms. The van der Waals surface area contributed by atoms with E-state index in [0.717, 1.165) is 31.4 Å². The van der Waals surface area contributed by atoms with Gasteiger partial charge in [0.15, 0.2) is 0 Å². The number of nitrogens with one attached hydrogen (secondary N) is 2. The Bertz CT molecular complexity index is 900. The van der Waals surface area contributed by atoms with Crippen molar-refractivity contribution < 1.29 is 9.72 Å². The zero-order valence-electron chi connectivity index (χ0n) is 16.8. The lowest BCUT2D eigenvalue weighted by molar-refractivity contribution is -0.382. The van der Waals surface area contributed by atoms with Crippen molar-refractivity contribution in [2.45, 2.75) is 65.3 Å². The Morgan fingerprint density at radius 2 is 1.96 bits per heavy atom. The predicted molar refractivity (Wildman–Crippen MR) is 104 cm³/mol. The standard InChI is InChI=1S/C18H27N7O3/c1-11-12(2)24-16(21-22-23-24)15(25(27)28)14(11)19-10-18(3,4)20-17(26)13-8-6-5-7-9-13/h13,19H,5-10H2,1-4H3,(H,20,26). The molecule has 0 spiro atoms. The summed E-state index contributed by atoms with van der Waals surface area (Å²) < 4.78 is 1.37. The van der Waals surface area contributed by atoms with Gasteiger partial charge in [-0.2, -0.15) is 4.52 Å². The van der Waals surface area contributed by atoms with Crippen LogP contribution in [-0.2, 0) is 4.79 Å². The summed E-state index contributed by atoms with van der Waals surface area (Å²) >= 11 is 0. The number of carbonyl (C=O) groups excluding carboxylic acids is 1. The number of nitrogens with zero attached hydrogens (tertiary/aromatic N) is 5. The smallest absolute Gasteiger partial charge is 0.338 e. The molecule has 10 heteroatoms. The molecule has 10 nitrogen and oxygen atoms in total. The van der Waals surface area contributed by atoms with E-state index in [0.29, 0.717) is 17.8 Å². The Labute approximate surface area is 163 Å². The van der Waals surface area contributed by atoms with Crippen molar-refractivity contribution in [1.82, 2.24) is 25.4 Å². The molecule has 152 valence electrons. The summed E-state index contributed by atoms with van der Waals surface area (Å²) in [6.45, 7) is 7.76. The molecule has 2 N–H and O–H groups in total. The van der Waals surface area contributed by atoms with Crippen LogP contribution in [0.2, 0.25) is 0 Å². The van der Waals surface area contributed by atoms with Crippen molar-refractivity contribution in [2.75, 3.05) is 11.9 Å². The van der Waals surface area contributed by atoms with Crippen molar-refractivity contribution in [2.24, 2.45) is 5.92 Å². The fourth-order valence-corrected chi connectivity index (χ4v) is 3.73. The Balaban J connectivity index is 1.80. The second-order valence-electron chi connectivity index (χ2n) is 8.17. The third-order valence-corrected chi connectivity index (χ3v) is 5.48. The SMILES string of the molecule is Cc1c(NCC(C)(C)NC(=O)C2CCCCC2)c([N+](=O)[O-])c2nnnn2c1C. The zero-order chi connectivity index (χ0) is 20.5. The summed E-state index contributed by atoms with van der Waals surface area (Å²) in [7, 11) is 0. The van der Waals surface area contributed by atoms with E-state index in [-0.39, 0.29) is 23.2 Å². The maximum atomic E-state index is 12.6. The van der Waals surface area contributed by atoms with E-state index in [1.165, 1.54) is 10.9 Å². The molecule has 2 heterocycles. The fraction of sp³-hybridized carbons (Fsp3) is 0.667. The van der Waals surface area contributed by atoms with E-state index in [1.54, 1.807) is 6.92 Å². The molecule has 0 bridgehead atoms. The van der Waals surface area contributed by atoms with E-state index in [1.807, 2.05) is 20.8 Å². The van der Waals surface area contributed by atoms with Crippen LogP contribution in [0.25, 0.3) is 5.65 Å². The molecular formula is C18H27N7O3. The lowest BCUT2D eigenvalue weighted by Crippen LogP contribution is -2.50. The van der Waals surface area contributed by atoms with Crippen molar-refractivity contribution >= 4 is 22.9 Å². The van der Waals surface area contributed by atoms with Gasteiger partial charge in [0.25, 0.3) is 5.65 Å². The van der Waals surface area contributed by atoms with E-state index in [4.69, 9.17) is 0 Å². The van der Waals surface area contributed by atoms with Crippen molar-refractivity contribution in [3.05, 3.63) is 21.4 Å². The minimum absolute atomic E-state index is 0.0600. The molecule has 2 aromatic heterocycles. The zero-order valence-corrected chi connectivity index (χ0v) is 16.8. The Morgan fingerprint density at radius 3 is 2.61 bits per heavy atom. The summed E-state index contributed by atoms with van der Waals surface area (Å²) in [6, 6.07) is 0. The normalized spacial score (nSPS) is 15.6. The molecule has 1 fully saturated rings. The van der Waals surface area contributed by atoms with E-state index >= 15 is 0 Å². The van der Waals surface area contributed by atoms with Crippen LogP contribution in [0.15, 0.2) is 0 Å². The first kappa shape index (κ1) is 20.0. The van der Waals surface area contributed by atoms with Gasteiger partial charge in [-0.25, -0.2) is 0 Å². The van der Waals surface area contributed by atoms with Gasteiger partial charge in [-0.3, -0.25) is 14.9 Å². The molecule has 0 aromatic carbocycles. The number of hydrogen-bond donors (Lipinski definition) is 2. The Hall–Kier alpha value is -2.78. The summed E-state index contributed by atoms with van der Waals surface area (Å²) in [4.78, 5) is 23.8. The minimum atomic E-state index is -0.569. The minimum Gasteiger partial charge on any atom is -0.377 e. The van der Waals surface area contributed by atoms with Gasteiger partial charge in [0, 0.05) is 23.7 Å². The molecule has 0 unspecified atom stereocenters. The van der Waals surface area contributed by atoms with Crippen LogP contribution in [0.3, 0.4) is 0 Å². The highest BCUT2D eigenvalue weighted by Crippen LogP contribution is 2.33. The van der Waals surface area contributed by atoms with Crippen molar-refractivity contribution in [1.29, 1.82) is 0 Å². The van der Waals surface area contributed by atoms with Crippen LogP contribution in [0.4, 0.5) is 11.4 Å². The van der Waals surface area contributed by atoms with Gasteiger partial charge < -0.3 is 10.6 Å². The van der Waals surface area contributed by atoms with Crippen LogP contribution in [0.5, 0.6) is 0 Å². The van der Waals surface area contributed by atoms with E-state index in [2.05, 4.69) is 26.2 Å². The molecule has 3 rings (SSSR count). The van der Waals surface area contributed by atoms with Gasteiger partial charge in [0.05, 0.1) is 10.5 Å². The van der Waals surface area contributed by atoms with Crippen molar-refractivity contribution in [3.63, 3.8) is 0 Å². The molecular weight excluding hydrogens is 362 g/mol. The first-order valence-electron chi connectivity index (χ1n) is 9.63. The first-order chi connectivity index (χ1) is 13.2. The summed E-state index contributed by atoms with van der Waals surface area (Å²) in [5.41, 5.74) is 1.16. The Morgan fingerprint density at radius 1 is 1.29 bits per heavy atom. The lowest BCUT2D eigenvalue weighted by atomic mass is 9.88. The highest BCUT2D eigenvalue weighted by atomic mass is 16.6. The van der Waals surface area contributed by atoms with Gasteiger partial charge in [-0.1, -0.05) is 19.3 Å². The molecule has 0 saturated heterocycles. The van der Waals surface area contributed by atoms with Gasteiger partial charge in [-0.05, 0) is 51.0 Å². The van der Waals surface area contributed by atoms with Crippen molar-refractivity contribution in [3.8, 4) is 0 Å². The molecule has 0 atom stereocenters. The van der Waals surface area contributed by atoms with Crippen LogP contribution in [-0.4, -0.2) is 43.0 Å². The molecule has 1 amide bonds. The third kappa shape index (κ3) is 3.90. The molecule has 1 aliphatic carbocycles. The molecule has 1 saturated carbocycles. The summed E-state index contributed by atoms with van der Waals surface area (Å²) in [5.74, 6) is 0.121. The van der Waals surface area contributed by atoms with E-state index < -0.39 is 10.5 Å². The number of aromatic nitrogens is 4. The van der Waals surface area contributed by atoms with Crippen LogP contribution < -0.4 is 10.6 Å². The average molecular weight is 389 g/mol. The molecule has 0 radical (unpaired) electrons. The fourth-order valence-electron chi connectivity index (χ4n) is 3.73. The number of carbonyl (C=O) groups is 1. The lowest BCUT2D eigenvalue weighted by Gasteiger charge is -2.31. The number of fused-ring (bicyclic) bond motifs is 1. The maximum Gasteiger partial charge on any atom is 0.338 e. The number of amides is 1. The highest BCUT2D eigenvalue weighted by Gasteiger charge is 2.30. The second-order valence-corrected chi connectivity index (χ2v) is 8.17. The van der Waals surface area contributed by atoms with Gasteiger partial charge >= 0.3 is 5.69 Å². The number of tetrazole rings is 1. The number of hydrogen-bond acceptors (Lipinski definition) is 7. The maximum absolute atomic E-state index is 12.6. The quantitative estimate of drug-likeness (QED) is 0.574. The number of anilines is 1. The molecule has 1 aliphatic rings. The largest absolute Gasteiger partial charge is 0.377 e. The number of pyridine rings is 1. The first-order valence-corrected chi connectivity index (χ1v) is 9.63. The number of aryl methyl sites for hydroxylation is 1. The van der Waals surface area contributed by atoms with E-state index in [9.17, 15) is 14.9 Å². The topological polar surface area (TPSA) is 127 Å².